The van der Waals surface area contributed by atoms with Gasteiger partial charge in [0.2, 0.25) is 0 Å². The van der Waals surface area contributed by atoms with Gasteiger partial charge in [0, 0.05) is 18.8 Å². The van der Waals surface area contributed by atoms with Crippen LogP contribution in [0.5, 0.6) is 11.5 Å². The average Bonchev–Trinajstić information content (AvgIpc) is 2.42. The molecule has 0 aliphatic rings. The largest absolute Gasteiger partial charge is 0.454 e. The van der Waals surface area contributed by atoms with Crippen LogP contribution < -0.4 is 10.1 Å². The maximum atomic E-state index is 10.8. The molecule has 0 aliphatic heterocycles. The Hall–Kier alpha value is -1.99. The normalized spacial score (nSPS) is 10.3. The van der Waals surface area contributed by atoms with Crippen molar-refractivity contribution in [3.8, 4) is 11.5 Å². The van der Waals surface area contributed by atoms with Gasteiger partial charge in [-0.2, -0.15) is 0 Å². The average molecular weight is 338 g/mol. The van der Waals surface area contributed by atoms with Crippen LogP contribution in [0.25, 0.3) is 0 Å². The summed E-state index contributed by atoms with van der Waals surface area (Å²) in [4.78, 5) is 14.4. The number of rotatable bonds is 5. The zero-order chi connectivity index (χ0) is 14.5. The smallest absolute Gasteiger partial charge is 0.273 e. The van der Waals surface area contributed by atoms with Gasteiger partial charge in [-0.1, -0.05) is 0 Å². The Balaban J connectivity index is 2.27. The minimum absolute atomic E-state index is 0.0254. The summed E-state index contributed by atoms with van der Waals surface area (Å²) >= 11 is 3.31. The highest BCUT2D eigenvalue weighted by Gasteiger charge is 2.11. The van der Waals surface area contributed by atoms with E-state index in [4.69, 9.17) is 4.74 Å². The first-order chi connectivity index (χ1) is 9.60. The maximum absolute atomic E-state index is 10.8. The van der Waals surface area contributed by atoms with Crippen molar-refractivity contribution in [2.24, 2.45) is 0 Å². The Kier molecular flexibility index (Phi) is 4.65. The summed E-state index contributed by atoms with van der Waals surface area (Å²) in [6.45, 7) is 0.667. The zero-order valence-electron chi connectivity index (χ0n) is 10.7. The SMILES string of the molecule is CNCc1cncc(Oc2cc([N+](=O)[O-])ccc2Br)c1. The zero-order valence-corrected chi connectivity index (χ0v) is 12.3. The van der Waals surface area contributed by atoms with E-state index in [-0.39, 0.29) is 5.69 Å². The Bertz CT molecular complexity index is 634. The van der Waals surface area contributed by atoms with E-state index in [2.05, 4.69) is 26.2 Å². The lowest BCUT2D eigenvalue weighted by atomic mass is 10.2. The van der Waals surface area contributed by atoms with Gasteiger partial charge in [-0.3, -0.25) is 15.1 Å². The summed E-state index contributed by atoms with van der Waals surface area (Å²) in [5, 5.41) is 13.8. The van der Waals surface area contributed by atoms with E-state index in [0.717, 1.165) is 5.56 Å². The number of hydrogen-bond acceptors (Lipinski definition) is 5. The highest BCUT2D eigenvalue weighted by molar-refractivity contribution is 9.10. The Morgan fingerprint density at radius 3 is 2.90 bits per heavy atom. The van der Waals surface area contributed by atoms with Crippen molar-refractivity contribution in [3.05, 3.63) is 56.8 Å². The van der Waals surface area contributed by atoms with Crippen LogP contribution in [0.2, 0.25) is 0 Å². The first-order valence-electron chi connectivity index (χ1n) is 5.80. The molecule has 0 bridgehead atoms. The van der Waals surface area contributed by atoms with E-state index in [1.54, 1.807) is 18.5 Å². The number of hydrogen-bond donors (Lipinski definition) is 1. The number of aromatic nitrogens is 1. The van der Waals surface area contributed by atoms with Gasteiger partial charge in [0.05, 0.1) is 21.7 Å². The van der Waals surface area contributed by atoms with Crippen LogP contribution >= 0.6 is 15.9 Å². The third-order valence-corrected chi connectivity index (χ3v) is 3.16. The summed E-state index contributed by atoms with van der Waals surface area (Å²) in [5.74, 6) is 0.904. The number of halogens is 1. The monoisotopic (exact) mass is 337 g/mol. The van der Waals surface area contributed by atoms with Gasteiger partial charge >= 0.3 is 0 Å². The molecule has 0 amide bonds. The molecule has 2 aromatic rings. The predicted octanol–water partition coefficient (Wildman–Crippen LogP) is 3.26. The molecule has 1 N–H and O–H groups in total. The molecule has 1 heterocycles. The predicted molar refractivity (Wildman–Crippen MR) is 77.9 cm³/mol. The van der Waals surface area contributed by atoms with Crippen molar-refractivity contribution < 1.29 is 9.66 Å². The number of nitrogens with one attached hydrogen (secondary N) is 1. The van der Waals surface area contributed by atoms with Crippen molar-refractivity contribution in [2.45, 2.75) is 6.54 Å². The fourth-order valence-corrected chi connectivity index (χ4v) is 1.96. The first kappa shape index (κ1) is 14.4. The second kappa shape index (κ2) is 6.44. The number of nitro benzene ring substituents is 1. The number of ether oxygens (including phenoxy) is 1. The molecule has 0 radical (unpaired) electrons. The molecule has 0 aliphatic carbocycles. The minimum Gasteiger partial charge on any atom is -0.454 e. The molecule has 7 heteroatoms. The fourth-order valence-electron chi connectivity index (χ4n) is 1.63. The van der Waals surface area contributed by atoms with Gasteiger partial charge < -0.3 is 10.1 Å². The molecule has 104 valence electrons. The third kappa shape index (κ3) is 3.52. The van der Waals surface area contributed by atoms with Gasteiger partial charge in [-0.25, -0.2) is 0 Å². The summed E-state index contributed by atoms with van der Waals surface area (Å²) in [7, 11) is 1.84. The molecule has 6 nitrogen and oxygen atoms in total. The van der Waals surface area contributed by atoms with Crippen LogP contribution in [-0.2, 0) is 6.54 Å². The molecule has 0 saturated heterocycles. The van der Waals surface area contributed by atoms with Crippen molar-refractivity contribution in [3.63, 3.8) is 0 Å². The van der Waals surface area contributed by atoms with Crippen molar-refractivity contribution >= 4 is 21.6 Å². The molecular weight excluding hydrogens is 326 g/mol. The molecule has 0 atom stereocenters. The van der Waals surface area contributed by atoms with E-state index >= 15 is 0 Å². The highest BCUT2D eigenvalue weighted by atomic mass is 79.9. The lowest BCUT2D eigenvalue weighted by Gasteiger charge is -2.08. The highest BCUT2D eigenvalue weighted by Crippen LogP contribution is 2.32. The van der Waals surface area contributed by atoms with E-state index in [9.17, 15) is 10.1 Å². The number of benzene rings is 1. The minimum atomic E-state index is -0.463. The Morgan fingerprint density at radius 2 is 2.20 bits per heavy atom. The molecule has 1 aromatic heterocycles. The number of pyridine rings is 1. The molecule has 0 spiro atoms. The van der Waals surface area contributed by atoms with E-state index in [1.165, 1.54) is 12.1 Å². The lowest BCUT2D eigenvalue weighted by Crippen LogP contribution is -2.05. The van der Waals surface area contributed by atoms with Gasteiger partial charge in [0.1, 0.15) is 11.5 Å². The van der Waals surface area contributed by atoms with E-state index in [0.29, 0.717) is 22.5 Å². The molecule has 2 rings (SSSR count). The summed E-state index contributed by atoms with van der Waals surface area (Å²) in [6.07, 6.45) is 3.29. The lowest BCUT2D eigenvalue weighted by molar-refractivity contribution is -0.384. The van der Waals surface area contributed by atoms with Gasteiger partial charge in [0.25, 0.3) is 5.69 Å². The number of nitrogens with zero attached hydrogens (tertiary/aromatic N) is 2. The standard InChI is InChI=1S/C13H12BrN3O3/c1-15-6-9-4-11(8-16-7-9)20-13-5-10(17(18)19)2-3-12(13)14/h2-5,7-8,15H,6H2,1H3. The Labute approximate surface area is 124 Å². The van der Waals surface area contributed by atoms with Gasteiger partial charge in [-0.05, 0) is 40.7 Å². The van der Waals surface area contributed by atoms with Crippen LogP contribution in [0.1, 0.15) is 5.56 Å². The second-order valence-corrected chi connectivity index (χ2v) is 4.89. The van der Waals surface area contributed by atoms with Crippen LogP contribution in [0.4, 0.5) is 5.69 Å². The summed E-state index contributed by atoms with van der Waals surface area (Å²) in [5.41, 5.74) is 0.939. The van der Waals surface area contributed by atoms with Crippen LogP contribution in [0.15, 0.2) is 41.1 Å². The first-order valence-corrected chi connectivity index (χ1v) is 6.60. The quantitative estimate of drug-likeness (QED) is 0.669. The van der Waals surface area contributed by atoms with Gasteiger partial charge in [-0.15, -0.1) is 0 Å². The summed E-state index contributed by atoms with van der Waals surface area (Å²) in [6, 6.07) is 6.19. The molecule has 1 aromatic carbocycles. The van der Waals surface area contributed by atoms with Gasteiger partial charge in [0.15, 0.2) is 0 Å². The van der Waals surface area contributed by atoms with Crippen molar-refractivity contribution in [1.82, 2.24) is 10.3 Å². The maximum Gasteiger partial charge on any atom is 0.273 e. The Morgan fingerprint density at radius 1 is 1.40 bits per heavy atom. The number of nitro groups is 1. The molecule has 0 fully saturated rings. The molecule has 0 unspecified atom stereocenters. The molecule has 0 saturated carbocycles. The topological polar surface area (TPSA) is 77.3 Å². The van der Waals surface area contributed by atoms with Crippen molar-refractivity contribution in [1.29, 1.82) is 0 Å². The van der Waals surface area contributed by atoms with Crippen LogP contribution in [0.3, 0.4) is 0 Å². The van der Waals surface area contributed by atoms with Crippen LogP contribution in [0, 0.1) is 10.1 Å². The third-order valence-electron chi connectivity index (χ3n) is 2.50. The fraction of sp³-hybridized carbons (Fsp3) is 0.154. The number of non-ortho nitro benzene ring substituents is 1. The van der Waals surface area contributed by atoms with E-state index in [1.807, 2.05) is 13.1 Å². The summed E-state index contributed by atoms with van der Waals surface area (Å²) < 4.78 is 6.29. The second-order valence-electron chi connectivity index (χ2n) is 4.03. The van der Waals surface area contributed by atoms with E-state index < -0.39 is 4.92 Å². The molecule has 20 heavy (non-hydrogen) atoms. The van der Waals surface area contributed by atoms with Crippen molar-refractivity contribution in [2.75, 3.05) is 7.05 Å². The molecular formula is C13H12BrN3O3. The van der Waals surface area contributed by atoms with Crippen LogP contribution in [-0.4, -0.2) is 17.0 Å².